The third-order valence-electron chi connectivity index (χ3n) is 5.30. The molecule has 0 aromatic heterocycles. The predicted molar refractivity (Wildman–Crippen MR) is 104 cm³/mol. The topological polar surface area (TPSA) is 99.2 Å². The Morgan fingerprint density at radius 2 is 1.83 bits per heavy atom. The summed E-state index contributed by atoms with van der Waals surface area (Å²) in [6.07, 6.45) is 2.43. The van der Waals surface area contributed by atoms with Crippen LogP contribution in [0.2, 0.25) is 0 Å². The van der Waals surface area contributed by atoms with Crippen LogP contribution in [0.15, 0.2) is 24.3 Å². The van der Waals surface area contributed by atoms with Gasteiger partial charge in [-0.25, -0.2) is 4.39 Å². The Bertz CT molecular complexity index is 694. The number of carbonyl (C=O) groups is 3. The molecule has 8 nitrogen and oxygen atoms in total. The van der Waals surface area contributed by atoms with Gasteiger partial charge in [0.25, 0.3) is 6.47 Å². The van der Waals surface area contributed by atoms with Gasteiger partial charge in [0.05, 0.1) is 13.1 Å². The quantitative estimate of drug-likeness (QED) is 0.683. The highest BCUT2D eigenvalue weighted by molar-refractivity contribution is 5.78. The maximum absolute atomic E-state index is 12.9. The predicted octanol–water partition coefficient (Wildman–Crippen LogP) is 1.11. The summed E-state index contributed by atoms with van der Waals surface area (Å²) in [5.41, 5.74) is 0. The molecule has 2 N–H and O–H groups in total. The molecule has 9 heteroatoms. The van der Waals surface area contributed by atoms with Crippen LogP contribution in [-0.2, 0) is 14.4 Å². The molecule has 2 heterocycles. The lowest BCUT2D eigenvalue weighted by Gasteiger charge is -2.40. The van der Waals surface area contributed by atoms with Crippen molar-refractivity contribution in [1.29, 1.82) is 0 Å². The third kappa shape index (κ3) is 6.70. The summed E-state index contributed by atoms with van der Waals surface area (Å²) < 4.78 is 18.6. The molecule has 0 saturated carbocycles. The van der Waals surface area contributed by atoms with Gasteiger partial charge in [-0.2, -0.15) is 0 Å². The average molecular weight is 409 g/mol. The van der Waals surface area contributed by atoms with Crippen LogP contribution in [0.5, 0.6) is 5.75 Å². The Morgan fingerprint density at radius 1 is 1.24 bits per heavy atom. The van der Waals surface area contributed by atoms with Crippen LogP contribution < -0.4 is 10.1 Å². The molecule has 1 aromatic rings. The van der Waals surface area contributed by atoms with Crippen molar-refractivity contribution in [2.45, 2.75) is 44.4 Å². The van der Waals surface area contributed by atoms with E-state index >= 15 is 0 Å². The molecule has 160 valence electrons. The number of halogens is 1. The van der Waals surface area contributed by atoms with E-state index in [1.807, 2.05) is 11.9 Å². The number of nitrogens with one attached hydrogen (secondary N) is 1. The molecular formula is C20H28FN3O5. The Hall–Kier alpha value is -2.68. The molecule has 0 aliphatic carbocycles. The number of amides is 2. The van der Waals surface area contributed by atoms with Crippen molar-refractivity contribution in [2.75, 3.05) is 26.7 Å². The SMILES string of the molecule is CC(=O)NC[C@H]1CC[C@@H](CC(=O)N2CC(Oc3ccc(F)cc3)C2)N1C.O=CO. The number of hydrogen-bond acceptors (Lipinski definition) is 5. The zero-order chi connectivity index (χ0) is 21.4. The second-order valence-electron chi connectivity index (χ2n) is 7.29. The highest BCUT2D eigenvalue weighted by Crippen LogP contribution is 2.26. The number of carboxylic acid groups (broad SMARTS) is 1. The first kappa shape index (κ1) is 22.6. The molecule has 1 aromatic carbocycles. The molecule has 2 aliphatic rings. The minimum Gasteiger partial charge on any atom is -0.487 e. The van der Waals surface area contributed by atoms with Crippen LogP contribution >= 0.6 is 0 Å². The standard InChI is InChI=1S/C19H26FN3O3.CH2O2/c1-13(24)21-10-16-6-5-15(22(16)2)9-19(25)23-11-18(12-23)26-17-7-3-14(20)4-8-17;2-1-3/h3-4,7-8,15-16,18H,5-6,9-12H2,1-2H3,(H,21,24);1H,(H,2,3)/t15-,16+;/m0./s1. The Labute approximate surface area is 169 Å². The van der Waals surface area contributed by atoms with Gasteiger partial charge in [0.2, 0.25) is 11.8 Å². The zero-order valence-corrected chi connectivity index (χ0v) is 16.7. The van der Waals surface area contributed by atoms with Crippen LogP contribution in [0.3, 0.4) is 0 Å². The number of likely N-dealkylation sites (N-methyl/N-ethyl adjacent to an activating group) is 1. The maximum Gasteiger partial charge on any atom is 0.290 e. The fourth-order valence-electron chi connectivity index (χ4n) is 3.60. The largest absolute Gasteiger partial charge is 0.487 e. The first-order chi connectivity index (χ1) is 13.8. The van der Waals surface area contributed by atoms with Gasteiger partial charge in [0.15, 0.2) is 0 Å². The Morgan fingerprint density at radius 3 is 2.41 bits per heavy atom. The second-order valence-corrected chi connectivity index (χ2v) is 7.29. The molecule has 2 saturated heterocycles. The Kier molecular flexibility index (Phi) is 8.38. The summed E-state index contributed by atoms with van der Waals surface area (Å²) >= 11 is 0. The minimum absolute atomic E-state index is 0.0225. The van der Waals surface area contributed by atoms with E-state index in [0.29, 0.717) is 37.8 Å². The summed E-state index contributed by atoms with van der Waals surface area (Å²) in [4.78, 5) is 35.9. The van der Waals surface area contributed by atoms with Crippen LogP contribution in [0.25, 0.3) is 0 Å². The van der Waals surface area contributed by atoms with E-state index in [1.54, 1.807) is 12.1 Å². The minimum atomic E-state index is -0.291. The molecule has 29 heavy (non-hydrogen) atoms. The fraction of sp³-hybridized carbons (Fsp3) is 0.550. The fourth-order valence-corrected chi connectivity index (χ4v) is 3.60. The number of benzene rings is 1. The molecule has 0 radical (unpaired) electrons. The summed E-state index contributed by atoms with van der Waals surface area (Å²) in [5.74, 6) is 0.451. The number of carbonyl (C=O) groups excluding carboxylic acids is 2. The number of nitrogens with zero attached hydrogens (tertiary/aromatic N) is 2. The molecule has 3 rings (SSSR count). The highest BCUT2D eigenvalue weighted by atomic mass is 19.1. The molecular weight excluding hydrogens is 381 g/mol. The van der Waals surface area contributed by atoms with Crippen LogP contribution in [0, 0.1) is 5.82 Å². The van der Waals surface area contributed by atoms with Crippen molar-refractivity contribution in [3.05, 3.63) is 30.1 Å². The van der Waals surface area contributed by atoms with Gasteiger partial charge >= 0.3 is 0 Å². The van der Waals surface area contributed by atoms with Crippen molar-refractivity contribution in [1.82, 2.24) is 15.1 Å². The number of rotatable bonds is 6. The first-order valence-corrected chi connectivity index (χ1v) is 9.58. The van der Waals surface area contributed by atoms with E-state index in [9.17, 15) is 14.0 Å². The van der Waals surface area contributed by atoms with Gasteiger partial charge in [0, 0.05) is 32.0 Å². The van der Waals surface area contributed by atoms with Gasteiger partial charge in [-0.05, 0) is 44.2 Å². The van der Waals surface area contributed by atoms with E-state index in [0.717, 1.165) is 12.8 Å². The Balaban J connectivity index is 0.000000941. The van der Waals surface area contributed by atoms with Crippen molar-refractivity contribution < 1.29 is 28.6 Å². The van der Waals surface area contributed by atoms with E-state index in [-0.39, 0.29) is 36.2 Å². The van der Waals surface area contributed by atoms with Gasteiger partial charge in [-0.15, -0.1) is 0 Å². The smallest absolute Gasteiger partial charge is 0.290 e. The summed E-state index contributed by atoms with van der Waals surface area (Å²) in [6, 6.07) is 6.44. The number of hydrogen-bond donors (Lipinski definition) is 2. The molecule has 2 atom stereocenters. The molecule has 2 amide bonds. The normalized spacial score (nSPS) is 21.6. The number of ether oxygens (including phenoxy) is 1. The third-order valence-corrected chi connectivity index (χ3v) is 5.30. The highest BCUT2D eigenvalue weighted by Gasteiger charge is 2.36. The van der Waals surface area contributed by atoms with Crippen molar-refractivity contribution in [3.63, 3.8) is 0 Å². The lowest BCUT2D eigenvalue weighted by Crippen LogP contribution is -2.57. The lowest BCUT2D eigenvalue weighted by atomic mass is 10.1. The first-order valence-electron chi connectivity index (χ1n) is 9.58. The molecule has 2 fully saturated rings. The van der Waals surface area contributed by atoms with Crippen LogP contribution in [0.1, 0.15) is 26.2 Å². The van der Waals surface area contributed by atoms with Crippen molar-refractivity contribution in [3.8, 4) is 5.75 Å². The van der Waals surface area contributed by atoms with Gasteiger partial charge in [0.1, 0.15) is 17.7 Å². The van der Waals surface area contributed by atoms with Gasteiger partial charge < -0.3 is 20.1 Å². The van der Waals surface area contributed by atoms with Crippen molar-refractivity contribution >= 4 is 18.3 Å². The summed E-state index contributed by atoms with van der Waals surface area (Å²) in [6.45, 7) is 3.04. The average Bonchev–Trinajstić information content (AvgIpc) is 2.98. The van der Waals surface area contributed by atoms with Gasteiger partial charge in [-0.3, -0.25) is 19.3 Å². The second kappa shape index (κ2) is 10.8. The summed E-state index contributed by atoms with van der Waals surface area (Å²) in [7, 11) is 2.02. The van der Waals surface area contributed by atoms with E-state index < -0.39 is 0 Å². The number of likely N-dealkylation sites (tertiary alicyclic amines) is 2. The molecule has 0 unspecified atom stereocenters. The molecule has 2 aliphatic heterocycles. The lowest BCUT2D eigenvalue weighted by molar-refractivity contribution is -0.141. The van der Waals surface area contributed by atoms with Crippen molar-refractivity contribution in [2.24, 2.45) is 0 Å². The van der Waals surface area contributed by atoms with Crippen LogP contribution in [-0.4, -0.2) is 78.1 Å². The zero-order valence-electron chi connectivity index (χ0n) is 16.7. The summed E-state index contributed by atoms with van der Waals surface area (Å²) in [5, 5.41) is 9.74. The van der Waals surface area contributed by atoms with E-state index in [2.05, 4.69) is 10.2 Å². The van der Waals surface area contributed by atoms with Crippen LogP contribution in [0.4, 0.5) is 4.39 Å². The maximum atomic E-state index is 12.9. The molecule has 0 spiro atoms. The molecule has 0 bridgehead atoms. The van der Waals surface area contributed by atoms with Gasteiger partial charge in [-0.1, -0.05) is 0 Å². The van der Waals surface area contributed by atoms with E-state index in [1.165, 1.54) is 19.1 Å². The monoisotopic (exact) mass is 409 g/mol. The van der Waals surface area contributed by atoms with E-state index in [4.69, 9.17) is 14.6 Å².